The number of nitrogens with zero attached hydrogens (tertiary/aromatic N) is 4. The third-order valence-corrected chi connectivity index (χ3v) is 7.63. The van der Waals surface area contributed by atoms with Crippen LogP contribution in [0, 0.1) is 0 Å². The van der Waals surface area contributed by atoms with Gasteiger partial charge in [0.2, 0.25) is 5.95 Å². The fourth-order valence-corrected chi connectivity index (χ4v) is 5.72. The van der Waals surface area contributed by atoms with Gasteiger partial charge in [-0.15, -0.1) is 13.2 Å². The Hall–Kier alpha value is -3.00. The summed E-state index contributed by atoms with van der Waals surface area (Å²) in [7, 11) is 3.68. The lowest BCUT2D eigenvalue weighted by atomic mass is 10.0. The third-order valence-electron chi connectivity index (χ3n) is 6.62. The molecule has 3 heterocycles. The van der Waals surface area contributed by atoms with Crippen LogP contribution in [0.2, 0.25) is 0 Å². The molecule has 0 aliphatic carbocycles. The Morgan fingerprint density at radius 3 is 2.71 bits per heavy atom. The lowest BCUT2D eigenvalue weighted by Crippen LogP contribution is -2.32. The Labute approximate surface area is 222 Å². The molecular formula is C25H29F3N6O3S. The number of fused-ring (bicyclic) bond motifs is 2. The molecule has 0 atom stereocenters. The normalized spacial score (nSPS) is 17.1. The summed E-state index contributed by atoms with van der Waals surface area (Å²) in [4.78, 5) is 20.4. The van der Waals surface area contributed by atoms with Crippen molar-refractivity contribution in [2.75, 3.05) is 45.8 Å². The highest BCUT2D eigenvalue weighted by atomic mass is 32.2. The van der Waals surface area contributed by atoms with E-state index in [2.05, 4.69) is 32.0 Å². The van der Waals surface area contributed by atoms with Crippen LogP contribution < -0.4 is 15.5 Å². The Kier molecular flexibility index (Phi) is 7.70. The molecule has 2 aromatic carbocycles. The number of benzene rings is 2. The summed E-state index contributed by atoms with van der Waals surface area (Å²) in [6, 6.07) is 10.1. The SMILES string of the molecule is COCCNC(=O)c1ccc2c(c1)nc(NN1Cc3ccc(OC(F)(F)F)cc3S1)n2C1CCN(C)CC1. The van der Waals surface area contributed by atoms with Crippen LogP contribution in [0.25, 0.3) is 11.0 Å². The van der Waals surface area contributed by atoms with Gasteiger partial charge in [-0.2, -0.15) is 4.41 Å². The zero-order valence-electron chi connectivity index (χ0n) is 21.0. The van der Waals surface area contributed by atoms with Gasteiger partial charge in [0.15, 0.2) is 0 Å². The zero-order chi connectivity index (χ0) is 26.9. The number of anilines is 1. The molecule has 0 saturated carbocycles. The molecule has 0 unspecified atom stereocenters. The number of likely N-dealkylation sites (tertiary alicyclic amines) is 1. The average Bonchev–Trinajstić information content (AvgIpc) is 3.43. The second-order valence-electron chi connectivity index (χ2n) is 9.35. The fraction of sp³-hybridized carbons (Fsp3) is 0.440. The van der Waals surface area contributed by atoms with Crippen LogP contribution in [0.1, 0.15) is 34.8 Å². The van der Waals surface area contributed by atoms with Gasteiger partial charge in [-0.1, -0.05) is 6.07 Å². The highest BCUT2D eigenvalue weighted by Gasteiger charge is 2.32. The van der Waals surface area contributed by atoms with E-state index in [-0.39, 0.29) is 17.7 Å². The molecule has 1 saturated heterocycles. The number of ether oxygens (including phenoxy) is 2. The maximum absolute atomic E-state index is 12.7. The van der Waals surface area contributed by atoms with Gasteiger partial charge in [-0.3, -0.25) is 10.2 Å². The predicted octanol–water partition coefficient (Wildman–Crippen LogP) is 4.43. The average molecular weight is 551 g/mol. The van der Waals surface area contributed by atoms with Crippen molar-refractivity contribution in [3.63, 3.8) is 0 Å². The topological polar surface area (TPSA) is 83.9 Å². The van der Waals surface area contributed by atoms with Gasteiger partial charge in [0, 0.05) is 30.2 Å². The molecule has 38 heavy (non-hydrogen) atoms. The van der Waals surface area contributed by atoms with Crippen LogP contribution in [0.15, 0.2) is 41.3 Å². The maximum atomic E-state index is 12.7. The van der Waals surface area contributed by atoms with Crippen LogP contribution in [0.3, 0.4) is 0 Å². The lowest BCUT2D eigenvalue weighted by Gasteiger charge is -2.31. The number of carbonyl (C=O) groups excluding carboxylic acids is 1. The van der Waals surface area contributed by atoms with Crippen LogP contribution in [0.4, 0.5) is 19.1 Å². The molecule has 204 valence electrons. The molecule has 9 nitrogen and oxygen atoms in total. The number of halogens is 3. The maximum Gasteiger partial charge on any atom is 0.573 e. The van der Waals surface area contributed by atoms with Crippen molar-refractivity contribution in [2.24, 2.45) is 0 Å². The van der Waals surface area contributed by atoms with Gasteiger partial charge in [0.05, 0.1) is 24.2 Å². The molecule has 3 aromatic rings. The number of carbonyl (C=O) groups is 1. The Bertz CT molecular complexity index is 1310. The standard InChI is InChI=1S/C25H29F3N6O3S/c1-32-10-7-18(8-11-32)34-21-6-4-16(23(35)29-9-12-36-2)13-20(21)30-24(34)31-33-15-17-3-5-19(14-22(17)38-33)37-25(26,27)28/h3-6,13-14,18H,7-12,15H2,1-2H3,(H,29,35)(H,30,31). The molecule has 2 N–H and O–H groups in total. The number of hydrazine groups is 1. The van der Waals surface area contributed by atoms with Crippen molar-refractivity contribution in [1.29, 1.82) is 0 Å². The van der Waals surface area contributed by atoms with Gasteiger partial charge in [0.25, 0.3) is 5.91 Å². The van der Waals surface area contributed by atoms with E-state index >= 15 is 0 Å². The van der Waals surface area contributed by atoms with Gasteiger partial charge in [-0.05, 0) is 80.8 Å². The molecule has 0 radical (unpaired) electrons. The molecule has 0 bridgehead atoms. The number of alkyl halides is 3. The number of nitrogens with one attached hydrogen (secondary N) is 2. The van der Waals surface area contributed by atoms with Gasteiger partial charge < -0.3 is 24.3 Å². The third kappa shape index (κ3) is 6.01. The van der Waals surface area contributed by atoms with Crippen molar-refractivity contribution in [2.45, 2.75) is 36.7 Å². The molecule has 13 heteroatoms. The summed E-state index contributed by atoms with van der Waals surface area (Å²) in [6.45, 7) is 3.21. The number of aromatic nitrogens is 2. The summed E-state index contributed by atoms with van der Waals surface area (Å²) < 4.78 is 51.1. The summed E-state index contributed by atoms with van der Waals surface area (Å²) in [6.07, 6.45) is -2.85. The number of hydrogen-bond donors (Lipinski definition) is 2. The highest BCUT2D eigenvalue weighted by molar-refractivity contribution is 7.97. The summed E-state index contributed by atoms with van der Waals surface area (Å²) >= 11 is 1.29. The van der Waals surface area contributed by atoms with E-state index in [1.165, 1.54) is 24.1 Å². The van der Waals surface area contributed by atoms with Crippen LogP contribution in [-0.4, -0.2) is 71.5 Å². The quantitative estimate of drug-likeness (QED) is 0.315. The van der Waals surface area contributed by atoms with E-state index in [1.807, 2.05) is 10.5 Å². The molecule has 1 amide bonds. The Morgan fingerprint density at radius 2 is 1.97 bits per heavy atom. The minimum Gasteiger partial charge on any atom is -0.406 e. The first-order chi connectivity index (χ1) is 18.2. The Balaban J connectivity index is 1.40. The highest BCUT2D eigenvalue weighted by Crippen LogP contribution is 2.40. The van der Waals surface area contributed by atoms with Crippen LogP contribution in [-0.2, 0) is 11.3 Å². The molecule has 2 aliphatic heterocycles. The number of amides is 1. The molecule has 0 spiro atoms. The van der Waals surface area contributed by atoms with Crippen LogP contribution in [0.5, 0.6) is 5.75 Å². The molecule has 1 aromatic heterocycles. The largest absolute Gasteiger partial charge is 0.573 e. The van der Waals surface area contributed by atoms with Crippen molar-refractivity contribution in [3.05, 3.63) is 47.5 Å². The second-order valence-corrected chi connectivity index (χ2v) is 10.4. The zero-order valence-corrected chi connectivity index (χ0v) is 21.9. The number of imidazole rings is 1. The molecule has 1 fully saturated rings. The van der Waals surface area contributed by atoms with Gasteiger partial charge in [-0.25, -0.2) is 4.98 Å². The number of piperidine rings is 1. The second kappa shape index (κ2) is 11.0. The first-order valence-corrected chi connectivity index (χ1v) is 13.1. The minimum atomic E-state index is -4.74. The summed E-state index contributed by atoms with van der Waals surface area (Å²) in [5.41, 5.74) is 6.36. The predicted molar refractivity (Wildman–Crippen MR) is 138 cm³/mol. The van der Waals surface area contributed by atoms with E-state index < -0.39 is 6.36 Å². The first kappa shape index (κ1) is 26.6. The van der Waals surface area contributed by atoms with Gasteiger partial charge >= 0.3 is 6.36 Å². The lowest BCUT2D eigenvalue weighted by molar-refractivity contribution is -0.274. The fourth-order valence-electron chi connectivity index (χ4n) is 4.74. The van der Waals surface area contributed by atoms with E-state index in [0.29, 0.717) is 41.6 Å². The van der Waals surface area contributed by atoms with Crippen molar-refractivity contribution < 1.29 is 27.4 Å². The van der Waals surface area contributed by atoms with Crippen molar-refractivity contribution in [1.82, 2.24) is 24.2 Å². The molecule has 2 aliphatic rings. The first-order valence-electron chi connectivity index (χ1n) is 12.3. The molecule has 5 rings (SSSR count). The number of methoxy groups -OCH3 is 1. The van der Waals surface area contributed by atoms with E-state index in [9.17, 15) is 18.0 Å². The monoisotopic (exact) mass is 550 g/mol. The summed E-state index contributed by atoms with van der Waals surface area (Å²) in [5, 5.41) is 2.83. The Morgan fingerprint density at radius 1 is 1.18 bits per heavy atom. The number of hydrogen-bond acceptors (Lipinski definition) is 8. The van der Waals surface area contributed by atoms with E-state index in [4.69, 9.17) is 9.72 Å². The van der Waals surface area contributed by atoms with Crippen molar-refractivity contribution >= 4 is 34.8 Å². The van der Waals surface area contributed by atoms with Gasteiger partial charge in [0.1, 0.15) is 5.75 Å². The summed E-state index contributed by atoms with van der Waals surface area (Å²) in [5.74, 6) is 0.175. The van der Waals surface area contributed by atoms with Crippen LogP contribution >= 0.6 is 11.9 Å². The smallest absolute Gasteiger partial charge is 0.406 e. The van der Waals surface area contributed by atoms with Crippen molar-refractivity contribution in [3.8, 4) is 5.75 Å². The minimum absolute atomic E-state index is 0.199. The number of rotatable bonds is 8. The van der Waals surface area contributed by atoms with E-state index in [0.717, 1.165) is 37.0 Å². The van der Waals surface area contributed by atoms with E-state index in [1.54, 1.807) is 25.3 Å². The molecular weight excluding hydrogens is 521 g/mol.